The lowest BCUT2D eigenvalue weighted by Crippen LogP contribution is -2.17. The molecule has 0 fully saturated rings. The normalized spacial score (nSPS) is 10.1. The van der Waals surface area contributed by atoms with Gasteiger partial charge in [-0.25, -0.2) is 4.79 Å². The smallest absolute Gasteiger partial charge is 0.339 e. The van der Waals surface area contributed by atoms with Crippen molar-refractivity contribution in [2.75, 3.05) is 24.3 Å². The molecule has 2 N–H and O–H groups in total. The molecule has 0 aliphatic carbocycles. The van der Waals surface area contributed by atoms with Crippen molar-refractivity contribution >= 4 is 46.5 Å². The number of carbonyl (C=O) groups excluding carboxylic acids is 2. The highest BCUT2D eigenvalue weighted by Crippen LogP contribution is 2.22. The van der Waals surface area contributed by atoms with E-state index in [0.717, 1.165) is 0 Å². The monoisotopic (exact) mass is 366 g/mol. The molecule has 1 amide bonds. The van der Waals surface area contributed by atoms with Crippen LogP contribution in [0.3, 0.4) is 0 Å². The molecule has 0 saturated heterocycles. The lowest BCUT2D eigenvalue weighted by Gasteiger charge is -2.11. The molecule has 0 unspecified atom stereocenters. The third kappa shape index (κ3) is 5.15. The van der Waals surface area contributed by atoms with Gasteiger partial charge in [0.2, 0.25) is 5.91 Å². The number of benzene rings is 2. The van der Waals surface area contributed by atoms with E-state index < -0.39 is 5.97 Å². The number of nitrogens with one attached hydrogen (secondary N) is 2. The molecule has 126 valence electrons. The Morgan fingerprint density at radius 3 is 2.42 bits per heavy atom. The molecular formula is C17H16Cl2N2O3. The Bertz CT molecular complexity index is 730. The number of amides is 1. The summed E-state index contributed by atoms with van der Waals surface area (Å²) in [6.07, 6.45) is 0.208. The molecule has 2 rings (SSSR count). The Morgan fingerprint density at radius 1 is 1.08 bits per heavy atom. The zero-order valence-electron chi connectivity index (χ0n) is 12.9. The molecule has 0 radical (unpaired) electrons. The average Bonchev–Trinajstić information content (AvgIpc) is 2.53. The van der Waals surface area contributed by atoms with Crippen molar-refractivity contribution in [1.82, 2.24) is 0 Å². The molecule has 0 saturated carbocycles. The number of hydrogen-bond donors (Lipinski definition) is 2. The maximum absolute atomic E-state index is 12.0. The van der Waals surface area contributed by atoms with Crippen molar-refractivity contribution in [3.05, 3.63) is 58.1 Å². The fourth-order valence-corrected chi connectivity index (χ4v) is 2.61. The van der Waals surface area contributed by atoms with Crippen LogP contribution in [0.5, 0.6) is 0 Å². The van der Waals surface area contributed by atoms with Crippen LogP contribution in [0.4, 0.5) is 11.4 Å². The second-order valence-corrected chi connectivity index (χ2v) is 5.79. The molecule has 0 aliphatic heterocycles. The van der Waals surface area contributed by atoms with E-state index in [4.69, 9.17) is 27.9 Å². The first-order valence-electron chi connectivity index (χ1n) is 7.17. The third-order valence-corrected chi connectivity index (χ3v) is 3.58. The summed E-state index contributed by atoms with van der Waals surface area (Å²) >= 11 is 11.8. The second-order valence-electron chi connectivity index (χ2n) is 4.92. The molecular weight excluding hydrogens is 351 g/mol. The minimum Gasteiger partial charge on any atom is -0.465 e. The Balaban J connectivity index is 1.90. The van der Waals surface area contributed by atoms with Gasteiger partial charge in [0.15, 0.2) is 0 Å². The molecule has 0 bridgehead atoms. The van der Waals surface area contributed by atoms with Gasteiger partial charge in [0.1, 0.15) is 0 Å². The van der Waals surface area contributed by atoms with Crippen LogP contribution in [0.25, 0.3) is 0 Å². The zero-order chi connectivity index (χ0) is 17.5. The topological polar surface area (TPSA) is 67.4 Å². The van der Waals surface area contributed by atoms with Gasteiger partial charge in [-0.15, -0.1) is 0 Å². The number of esters is 1. The van der Waals surface area contributed by atoms with Gasteiger partial charge >= 0.3 is 5.97 Å². The summed E-state index contributed by atoms with van der Waals surface area (Å²) in [6, 6.07) is 11.8. The van der Waals surface area contributed by atoms with E-state index in [1.165, 1.54) is 7.11 Å². The molecule has 0 spiro atoms. The minimum absolute atomic E-state index is 0.198. The summed E-state index contributed by atoms with van der Waals surface area (Å²) in [5, 5.41) is 6.67. The number of hydrogen-bond acceptors (Lipinski definition) is 4. The molecule has 0 aromatic heterocycles. The van der Waals surface area contributed by atoms with Gasteiger partial charge in [0, 0.05) is 34.4 Å². The summed E-state index contributed by atoms with van der Waals surface area (Å²) in [6.45, 7) is 0.355. The number of halogens is 2. The lowest BCUT2D eigenvalue weighted by atomic mass is 10.2. The summed E-state index contributed by atoms with van der Waals surface area (Å²) in [7, 11) is 1.32. The SMILES string of the molecule is COC(=O)c1ccccc1NCCC(=O)Nc1cc(Cl)cc(Cl)c1. The van der Waals surface area contributed by atoms with Crippen LogP contribution in [-0.4, -0.2) is 25.5 Å². The second kappa shape index (κ2) is 8.57. The minimum atomic E-state index is -0.434. The standard InChI is InChI=1S/C17H16Cl2N2O3/c1-24-17(23)14-4-2-3-5-15(14)20-7-6-16(22)21-13-9-11(18)8-12(19)10-13/h2-5,8-10,20H,6-7H2,1H3,(H,21,22). The number of methoxy groups -OCH3 is 1. The van der Waals surface area contributed by atoms with Gasteiger partial charge in [-0.3, -0.25) is 4.79 Å². The van der Waals surface area contributed by atoms with E-state index in [9.17, 15) is 9.59 Å². The van der Waals surface area contributed by atoms with E-state index in [1.54, 1.807) is 42.5 Å². The van der Waals surface area contributed by atoms with Crippen molar-refractivity contribution < 1.29 is 14.3 Å². The van der Waals surface area contributed by atoms with Gasteiger partial charge in [-0.05, 0) is 30.3 Å². The number of carbonyl (C=O) groups is 2. The Hall–Kier alpha value is -2.24. The zero-order valence-corrected chi connectivity index (χ0v) is 14.4. The fraction of sp³-hybridized carbons (Fsp3) is 0.176. The van der Waals surface area contributed by atoms with Crippen molar-refractivity contribution in [2.24, 2.45) is 0 Å². The summed E-state index contributed by atoms with van der Waals surface area (Å²) in [5.74, 6) is -0.632. The molecule has 5 nitrogen and oxygen atoms in total. The first-order valence-corrected chi connectivity index (χ1v) is 7.92. The van der Waals surface area contributed by atoms with E-state index in [0.29, 0.717) is 33.5 Å². The highest BCUT2D eigenvalue weighted by Gasteiger charge is 2.11. The Labute approximate surface area is 149 Å². The number of rotatable bonds is 6. The Morgan fingerprint density at radius 2 is 1.75 bits per heavy atom. The summed E-state index contributed by atoms with van der Waals surface area (Å²) in [4.78, 5) is 23.6. The van der Waals surface area contributed by atoms with Crippen LogP contribution in [0, 0.1) is 0 Å². The first-order chi connectivity index (χ1) is 11.5. The van der Waals surface area contributed by atoms with E-state index in [-0.39, 0.29) is 12.3 Å². The molecule has 2 aromatic rings. The molecule has 0 heterocycles. The van der Waals surface area contributed by atoms with E-state index in [1.807, 2.05) is 0 Å². The molecule has 2 aromatic carbocycles. The maximum atomic E-state index is 12.0. The molecule has 7 heteroatoms. The number of para-hydroxylation sites is 1. The third-order valence-electron chi connectivity index (χ3n) is 3.15. The van der Waals surface area contributed by atoms with Gasteiger partial charge < -0.3 is 15.4 Å². The first kappa shape index (κ1) is 18.1. The molecule has 0 aliphatic rings. The predicted molar refractivity (Wildman–Crippen MR) is 96.0 cm³/mol. The van der Waals surface area contributed by atoms with Crippen molar-refractivity contribution in [3.63, 3.8) is 0 Å². The van der Waals surface area contributed by atoms with Gasteiger partial charge in [-0.1, -0.05) is 35.3 Å². The van der Waals surface area contributed by atoms with Gasteiger partial charge in [0.05, 0.1) is 12.7 Å². The van der Waals surface area contributed by atoms with Crippen LogP contribution in [0.1, 0.15) is 16.8 Å². The summed E-state index contributed by atoms with van der Waals surface area (Å²) < 4.78 is 4.72. The van der Waals surface area contributed by atoms with Crippen molar-refractivity contribution in [2.45, 2.75) is 6.42 Å². The quantitative estimate of drug-likeness (QED) is 0.751. The molecule has 24 heavy (non-hydrogen) atoms. The van der Waals surface area contributed by atoms with E-state index in [2.05, 4.69) is 10.6 Å². The lowest BCUT2D eigenvalue weighted by molar-refractivity contribution is -0.115. The van der Waals surface area contributed by atoms with Crippen molar-refractivity contribution in [1.29, 1.82) is 0 Å². The Kier molecular flexibility index (Phi) is 6.46. The molecule has 0 atom stereocenters. The predicted octanol–water partition coefficient (Wildman–Crippen LogP) is 4.22. The van der Waals surface area contributed by atoms with Crippen LogP contribution in [-0.2, 0) is 9.53 Å². The van der Waals surface area contributed by atoms with Crippen LogP contribution in [0.2, 0.25) is 10.0 Å². The van der Waals surface area contributed by atoms with Gasteiger partial charge in [0.25, 0.3) is 0 Å². The highest BCUT2D eigenvalue weighted by atomic mass is 35.5. The number of anilines is 2. The maximum Gasteiger partial charge on any atom is 0.339 e. The van der Waals surface area contributed by atoms with Crippen LogP contribution >= 0.6 is 23.2 Å². The van der Waals surface area contributed by atoms with E-state index >= 15 is 0 Å². The fourth-order valence-electron chi connectivity index (χ4n) is 2.09. The number of ether oxygens (including phenoxy) is 1. The van der Waals surface area contributed by atoms with Crippen LogP contribution < -0.4 is 10.6 Å². The van der Waals surface area contributed by atoms with Crippen LogP contribution in [0.15, 0.2) is 42.5 Å². The summed E-state index contributed by atoms with van der Waals surface area (Å²) in [5.41, 5.74) is 1.57. The largest absolute Gasteiger partial charge is 0.465 e. The highest BCUT2D eigenvalue weighted by molar-refractivity contribution is 6.35. The van der Waals surface area contributed by atoms with Gasteiger partial charge in [-0.2, -0.15) is 0 Å². The average molecular weight is 367 g/mol. The van der Waals surface area contributed by atoms with Crippen molar-refractivity contribution in [3.8, 4) is 0 Å².